The first-order valence-electron chi connectivity index (χ1n) is 19.2. The zero-order valence-corrected chi connectivity index (χ0v) is 30.1. The Bertz CT molecular complexity index is 2030. The molecule has 4 fully saturated rings. The quantitative estimate of drug-likeness (QED) is 0.250. The molecule has 0 amide bonds. The van der Waals surface area contributed by atoms with E-state index in [-0.39, 0.29) is 70.5 Å². The van der Waals surface area contributed by atoms with Crippen molar-refractivity contribution < 1.29 is 49.7 Å². The van der Waals surface area contributed by atoms with Crippen LogP contribution in [-0.4, -0.2) is 116 Å². The van der Waals surface area contributed by atoms with Crippen molar-refractivity contribution in [2.45, 2.75) is 86.2 Å². The average molecular weight is 737 g/mol. The molecule has 10 aliphatic rings. The summed E-state index contributed by atoms with van der Waals surface area (Å²) in [6, 6.07) is 2.64. The smallest absolute Gasteiger partial charge is 0.336 e. The van der Waals surface area contributed by atoms with Gasteiger partial charge < -0.3 is 49.9 Å². The van der Waals surface area contributed by atoms with Crippen molar-refractivity contribution in [2.24, 2.45) is 22.7 Å². The second-order valence-corrected chi connectivity index (χ2v) is 17.5. The zero-order chi connectivity index (χ0) is 37.4. The van der Waals surface area contributed by atoms with E-state index in [2.05, 4.69) is 36.0 Å². The molecule has 1 aromatic rings. The molecule has 12 nitrogen and oxygen atoms in total. The number of piperidine rings is 2. The summed E-state index contributed by atoms with van der Waals surface area (Å²) < 4.78 is 13.6. The van der Waals surface area contributed by atoms with Crippen LogP contribution in [0.1, 0.15) is 70.4 Å². The van der Waals surface area contributed by atoms with Crippen LogP contribution >= 0.6 is 0 Å². The number of ether oxygens (including phenoxy) is 2. The van der Waals surface area contributed by atoms with Crippen LogP contribution < -0.4 is 0 Å². The molecule has 6 aliphatic carbocycles. The summed E-state index contributed by atoms with van der Waals surface area (Å²) in [7, 11) is 4.19. The summed E-state index contributed by atoms with van der Waals surface area (Å²) in [6.07, 6.45) is 10.3. The first-order valence-corrected chi connectivity index (χ1v) is 19.2. The molecule has 0 aromatic heterocycles. The van der Waals surface area contributed by atoms with Gasteiger partial charge in [-0.05, 0) is 76.1 Å². The molecule has 0 radical (unpaired) electrons. The SMILES string of the molecule is CN1CC[C@]23C4=C5O[C@H]2[C@@H](O)C=C[C@H]3[C@H]1CC4=CCC5(O)c1c(C(=O)O)ccc(C(=O)O)c1C1(O)CC=C2C[C@@H]3[C@@H]4C=C[C@H](O)[C@@H]5OC1=C2[C@]45CCN3C. The van der Waals surface area contributed by atoms with Gasteiger partial charge in [0.05, 0.1) is 11.1 Å². The van der Waals surface area contributed by atoms with E-state index in [0.29, 0.717) is 25.7 Å². The van der Waals surface area contributed by atoms with Crippen molar-refractivity contribution in [3.63, 3.8) is 0 Å². The number of hydrogen-bond acceptors (Lipinski definition) is 10. The predicted molar refractivity (Wildman–Crippen MR) is 191 cm³/mol. The third-order valence-electron chi connectivity index (χ3n) is 15.5. The molecule has 4 heterocycles. The topological polar surface area (TPSA) is 180 Å². The third-order valence-corrected chi connectivity index (χ3v) is 15.5. The number of benzene rings is 1. The van der Waals surface area contributed by atoms with Crippen LogP contribution in [0.5, 0.6) is 0 Å². The van der Waals surface area contributed by atoms with E-state index in [0.717, 1.165) is 35.4 Å². The van der Waals surface area contributed by atoms with Crippen molar-refractivity contribution in [3.05, 3.63) is 105 Å². The monoisotopic (exact) mass is 736 g/mol. The van der Waals surface area contributed by atoms with E-state index in [1.807, 2.05) is 12.2 Å². The lowest BCUT2D eigenvalue weighted by molar-refractivity contribution is -0.106. The van der Waals surface area contributed by atoms with Crippen molar-refractivity contribution in [1.82, 2.24) is 9.80 Å². The molecular formula is C42H44N2O10. The van der Waals surface area contributed by atoms with Crippen LogP contribution in [0, 0.1) is 22.7 Å². The number of carboxylic acid groups (broad SMARTS) is 2. The maximum Gasteiger partial charge on any atom is 0.336 e. The van der Waals surface area contributed by atoms with E-state index in [9.17, 15) is 40.2 Å². The van der Waals surface area contributed by atoms with Crippen LogP contribution in [0.25, 0.3) is 0 Å². The van der Waals surface area contributed by atoms with E-state index < -0.39 is 58.4 Å². The molecule has 12 heteroatoms. The summed E-state index contributed by atoms with van der Waals surface area (Å²) in [5.41, 5.74) is -3.63. The van der Waals surface area contributed by atoms with Gasteiger partial charge in [0.1, 0.15) is 35.9 Å². The molecule has 2 spiro atoms. The highest BCUT2D eigenvalue weighted by Gasteiger charge is 2.70. The van der Waals surface area contributed by atoms with Gasteiger partial charge in [-0.3, -0.25) is 0 Å². The lowest BCUT2D eigenvalue weighted by atomic mass is 9.50. The largest absolute Gasteiger partial charge is 0.487 e. The van der Waals surface area contributed by atoms with Crippen LogP contribution in [0.15, 0.2) is 82.4 Å². The lowest BCUT2D eigenvalue weighted by Crippen LogP contribution is -2.62. The van der Waals surface area contributed by atoms with E-state index in [1.165, 1.54) is 12.1 Å². The molecular weight excluding hydrogens is 692 g/mol. The highest BCUT2D eigenvalue weighted by atomic mass is 16.5. The summed E-state index contributed by atoms with van der Waals surface area (Å²) in [6.45, 7) is 1.46. The van der Waals surface area contributed by atoms with Gasteiger partial charge in [0.25, 0.3) is 0 Å². The van der Waals surface area contributed by atoms with Gasteiger partial charge in [-0.25, -0.2) is 9.59 Å². The average Bonchev–Trinajstić information content (AvgIpc) is 3.70. The van der Waals surface area contributed by atoms with Crippen LogP contribution in [0.2, 0.25) is 0 Å². The minimum absolute atomic E-state index is 0.0365. The summed E-state index contributed by atoms with van der Waals surface area (Å²) >= 11 is 0. The Labute approximate surface area is 311 Å². The fraction of sp³-hybridized carbons (Fsp3) is 0.524. The number of nitrogens with zero attached hydrogens (tertiary/aromatic N) is 2. The van der Waals surface area contributed by atoms with Crippen molar-refractivity contribution in [3.8, 4) is 0 Å². The number of rotatable bonds is 4. The zero-order valence-electron chi connectivity index (χ0n) is 30.1. The lowest BCUT2D eigenvalue weighted by Gasteiger charge is -2.58. The number of aliphatic hydroxyl groups excluding tert-OH is 2. The summed E-state index contributed by atoms with van der Waals surface area (Å²) in [4.78, 5) is 31.3. The molecule has 12 atom stereocenters. The number of hydrogen-bond donors (Lipinski definition) is 6. The second-order valence-electron chi connectivity index (χ2n) is 17.5. The normalized spacial score (nSPS) is 44.9. The molecule has 54 heavy (non-hydrogen) atoms. The Balaban J connectivity index is 1.17. The van der Waals surface area contributed by atoms with E-state index >= 15 is 0 Å². The van der Waals surface area contributed by atoms with Crippen molar-refractivity contribution in [2.75, 3.05) is 27.2 Å². The Morgan fingerprint density at radius 3 is 1.48 bits per heavy atom. The number of carboxylic acids is 2. The van der Waals surface area contributed by atoms with Crippen molar-refractivity contribution in [1.29, 1.82) is 0 Å². The van der Waals surface area contributed by atoms with Gasteiger partial charge >= 0.3 is 11.9 Å². The predicted octanol–water partition coefficient (Wildman–Crippen LogP) is 2.71. The Morgan fingerprint density at radius 1 is 0.685 bits per heavy atom. The minimum atomic E-state index is -2.23. The van der Waals surface area contributed by atoms with Gasteiger partial charge in [-0.15, -0.1) is 0 Å². The molecule has 6 N–H and O–H groups in total. The maximum absolute atomic E-state index is 13.4. The summed E-state index contributed by atoms with van der Waals surface area (Å²) in [5, 5.41) is 71.5. The summed E-state index contributed by atoms with van der Waals surface area (Å²) in [5.74, 6) is -2.64. The van der Waals surface area contributed by atoms with Crippen LogP contribution in [0.3, 0.4) is 0 Å². The highest BCUT2D eigenvalue weighted by molar-refractivity contribution is 5.96. The first-order chi connectivity index (χ1) is 25.8. The van der Waals surface area contributed by atoms with Gasteiger partial charge in [0.15, 0.2) is 11.2 Å². The number of aliphatic hydroxyl groups is 4. The number of aromatic carboxylic acids is 2. The number of likely N-dealkylation sites (tertiary alicyclic amines) is 2. The minimum Gasteiger partial charge on any atom is -0.487 e. The fourth-order valence-corrected chi connectivity index (χ4v) is 13.2. The molecule has 282 valence electrons. The van der Waals surface area contributed by atoms with Gasteiger partial charge in [0, 0.05) is 69.9 Å². The molecule has 1 aromatic carbocycles. The molecule has 11 rings (SSSR count). The molecule has 4 aliphatic heterocycles. The third kappa shape index (κ3) is 3.62. The Kier molecular flexibility index (Phi) is 6.43. The Morgan fingerprint density at radius 2 is 1.09 bits per heavy atom. The standard InChI is InChI=1S/C42H44N2O10/c1-43-15-13-39-23-5-7-27(45)33(39)53-35-29(39)19(17-25(23)43)9-11-41(35,51)31-21(37(47)48)3-4-22(38(49)50)32(31)42(52)12-10-20-18-26-24-6-8-28(46)34-40(24,14-16-44(26)2)30(20)36(42)54-34/h3-10,23-28,33-34,45-46,51-52H,11-18H2,1-2H3,(H,47,48)(H,49,50)/t23-,24-,25+,26+,27-,28-,33-,34-,39-,40-,41?,42?/m0/s1. The molecule has 2 saturated carbocycles. The van der Waals surface area contributed by atoms with Gasteiger partial charge in [0.2, 0.25) is 0 Å². The maximum atomic E-state index is 13.4. The first kappa shape index (κ1) is 33.3. The van der Waals surface area contributed by atoms with Crippen LogP contribution in [-0.2, 0) is 20.7 Å². The van der Waals surface area contributed by atoms with Crippen LogP contribution in [0.4, 0.5) is 0 Å². The molecule has 4 bridgehead atoms. The van der Waals surface area contributed by atoms with Gasteiger partial charge in [-0.1, -0.05) is 36.5 Å². The van der Waals surface area contributed by atoms with Gasteiger partial charge in [-0.2, -0.15) is 0 Å². The van der Waals surface area contributed by atoms with Crippen molar-refractivity contribution >= 4 is 11.9 Å². The second kappa shape index (κ2) is 10.4. The van der Waals surface area contributed by atoms with E-state index in [1.54, 1.807) is 12.2 Å². The number of carbonyl (C=O) groups is 2. The Hall–Kier alpha value is -4.04. The molecule has 2 unspecified atom stereocenters. The fourth-order valence-electron chi connectivity index (χ4n) is 13.2. The molecule has 2 saturated heterocycles. The van der Waals surface area contributed by atoms with E-state index in [4.69, 9.17) is 9.47 Å². The highest BCUT2D eigenvalue weighted by Crippen LogP contribution is 2.70.